The van der Waals surface area contributed by atoms with Gasteiger partial charge in [0.05, 0.1) is 34.6 Å². The van der Waals surface area contributed by atoms with Crippen LogP contribution in [0.2, 0.25) is 10.0 Å². The number of carbonyl (C=O) groups excluding carboxylic acids is 2. The monoisotopic (exact) mass is 643 g/mol. The lowest BCUT2D eigenvalue weighted by molar-refractivity contribution is 0.0619. The molecular weight excluding hydrogens is 613 g/mol. The van der Waals surface area contributed by atoms with Crippen molar-refractivity contribution in [3.8, 4) is 17.4 Å². The second-order valence-electron chi connectivity index (χ2n) is 10.8. The first kappa shape index (κ1) is 30.5. The Kier molecular flexibility index (Phi) is 8.93. The van der Waals surface area contributed by atoms with E-state index in [1.165, 1.54) is 17.8 Å². The zero-order chi connectivity index (χ0) is 31.5. The van der Waals surface area contributed by atoms with E-state index in [0.29, 0.717) is 51.7 Å². The fourth-order valence-electron chi connectivity index (χ4n) is 5.31. The topological polar surface area (TPSA) is 88.9 Å². The van der Waals surface area contributed by atoms with Crippen LogP contribution in [0.25, 0.3) is 10.9 Å². The number of methoxy groups -OCH3 is 1. The van der Waals surface area contributed by atoms with Crippen molar-refractivity contribution in [3.63, 3.8) is 0 Å². The number of hydrogen-bond acceptors (Lipinski definition) is 6. The van der Waals surface area contributed by atoms with Gasteiger partial charge in [-0.1, -0.05) is 35.3 Å². The summed E-state index contributed by atoms with van der Waals surface area (Å²) in [7, 11) is 3.56. The molecule has 3 heterocycles. The van der Waals surface area contributed by atoms with Gasteiger partial charge in [-0.25, -0.2) is 4.98 Å². The van der Waals surface area contributed by atoms with E-state index in [-0.39, 0.29) is 11.8 Å². The minimum atomic E-state index is -0.334. The summed E-state index contributed by atoms with van der Waals surface area (Å²) < 4.78 is 13.2. The third-order valence-corrected chi connectivity index (χ3v) is 8.60. The van der Waals surface area contributed by atoms with Crippen LogP contribution in [0.15, 0.2) is 85.1 Å². The summed E-state index contributed by atoms with van der Waals surface area (Å²) in [6.45, 7) is 3.80. The van der Waals surface area contributed by atoms with Gasteiger partial charge in [0.15, 0.2) is 0 Å². The maximum Gasteiger partial charge on any atom is 0.270 e. The molecule has 3 aromatic carbocycles. The molecule has 230 valence electrons. The van der Waals surface area contributed by atoms with E-state index >= 15 is 0 Å². The fourth-order valence-corrected chi connectivity index (χ4v) is 5.61. The van der Waals surface area contributed by atoms with Crippen molar-refractivity contribution in [1.82, 2.24) is 19.4 Å². The van der Waals surface area contributed by atoms with E-state index < -0.39 is 0 Å². The molecule has 45 heavy (non-hydrogen) atoms. The first-order valence-electron chi connectivity index (χ1n) is 14.4. The predicted octanol–water partition coefficient (Wildman–Crippen LogP) is 6.89. The molecule has 9 nitrogen and oxygen atoms in total. The number of nitrogens with zero attached hydrogens (tertiary/aromatic N) is 4. The third-order valence-electron chi connectivity index (χ3n) is 7.86. The number of amides is 2. The van der Waals surface area contributed by atoms with Crippen molar-refractivity contribution < 1.29 is 19.1 Å². The lowest BCUT2D eigenvalue weighted by Crippen LogP contribution is -2.48. The van der Waals surface area contributed by atoms with E-state index in [0.717, 1.165) is 36.3 Å². The van der Waals surface area contributed by atoms with Crippen LogP contribution in [0, 0.1) is 0 Å². The highest BCUT2D eigenvalue weighted by Gasteiger charge is 2.25. The summed E-state index contributed by atoms with van der Waals surface area (Å²) in [5.74, 6) is 1.47. The van der Waals surface area contributed by atoms with Gasteiger partial charge in [-0.15, -0.1) is 0 Å². The van der Waals surface area contributed by atoms with Gasteiger partial charge in [0.2, 0.25) is 5.88 Å². The van der Waals surface area contributed by atoms with Crippen molar-refractivity contribution in [3.05, 3.63) is 112 Å². The molecule has 0 aliphatic carbocycles. The minimum Gasteiger partial charge on any atom is -0.497 e. The Hall–Kier alpha value is -4.57. The summed E-state index contributed by atoms with van der Waals surface area (Å²) in [6, 6.07) is 23.7. The molecule has 1 aliphatic heterocycles. The largest absolute Gasteiger partial charge is 0.497 e. The number of benzene rings is 3. The Morgan fingerprint density at radius 2 is 1.62 bits per heavy atom. The molecule has 0 radical (unpaired) electrons. The number of carbonyl (C=O) groups is 2. The van der Waals surface area contributed by atoms with Crippen LogP contribution >= 0.6 is 23.2 Å². The lowest BCUT2D eigenvalue weighted by Gasteiger charge is -2.34. The van der Waals surface area contributed by atoms with Gasteiger partial charge in [0.25, 0.3) is 11.8 Å². The third kappa shape index (κ3) is 6.91. The van der Waals surface area contributed by atoms with Gasteiger partial charge in [-0.2, -0.15) is 0 Å². The van der Waals surface area contributed by atoms with Gasteiger partial charge in [0, 0.05) is 62.9 Å². The fraction of sp³-hybridized carbons (Fsp3) is 0.206. The number of fused-ring (bicyclic) bond motifs is 1. The number of halogens is 2. The SMILES string of the molecule is COc1ccc(CN2CCN(C(=O)c3cc4ccc(Oc5ccc(NC(=O)c6ccc(Cl)c(Cl)c6)cn5)cc4n3C)CC2)cc1. The van der Waals surface area contributed by atoms with Crippen molar-refractivity contribution in [2.75, 3.05) is 38.6 Å². The first-order valence-corrected chi connectivity index (χ1v) is 15.2. The highest BCUT2D eigenvalue weighted by molar-refractivity contribution is 6.42. The normalized spacial score (nSPS) is 13.6. The Balaban J connectivity index is 1.07. The number of anilines is 1. The van der Waals surface area contributed by atoms with Crippen LogP contribution in [-0.4, -0.2) is 64.5 Å². The van der Waals surface area contributed by atoms with Crippen LogP contribution in [0.4, 0.5) is 5.69 Å². The summed E-state index contributed by atoms with van der Waals surface area (Å²) in [4.78, 5) is 34.7. The van der Waals surface area contributed by atoms with Crippen molar-refractivity contribution in [2.24, 2.45) is 7.05 Å². The second-order valence-corrected chi connectivity index (χ2v) is 11.6. The molecule has 0 saturated carbocycles. The molecule has 5 aromatic rings. The van der Waals surface area contributed by atoms with E-state index in [2.05, 4.69) is 27.3 Å². The molecular formula is C34H31Cl2N5O4. The Morgan fingerprint density at radius 3 is 2.31 bits per heavy atom. The molecule has 1 fully saturated rings. The van der Waals surface area contributed by atoms with Crippen LogP contribution in [0.3, 0.4) is 0 Å². The zero-order valence-corrected chi connectivity index (χ0v) is 26.3. The second kappa shape index (κ2) is 13.2. The number of pyridine rings is 1. The van der Waals surface area contributed by atoms with Crippen molar-refractivity contribution >= 4 is 51.6 Å². The summed E-state index contributed by atoms with van der Waals surface area (Å²) >= 11 is 12.0. The van der Waals surface area contributed by atoms with Gasteiger partial charge in [-0.05, 0) is 60.2 Å². The zero-order valence-electron chi connectivity index (χ0n) is 24.8. The number of rotatable bonds is 8. The minimum absolute atomic E-state index is 0.0143. The number of aryl methyl sites for hydroxylation is 1. The Bertz CT molecular complexity index is 1850. The van der Waals surface area contributed by atoms with Crippen LogP contribution in [-0.2, 0) is 13.6 Å². The van der Waals surface area contributed by atoms with Crippen LogP contribution in [0.1, 0.15) is 26.4 Å². The highest BCUT2D eigenvalue weighted by Crippen LogP contribution is 2.28. The lowest BCUT2D eigenvalue weighted by atomic mass is 10.2. The van der Waals surface area contributed by atoms with E-state index in [1.54, 1.807) is 31.4 Å². The summed E-state index contributed by atoms with van der Waals surface area (Å²) in [6.07, 6.45) is 1.51. The molecule has 0 atom stereocenters. The van der Waals surface area contributed by atoms with Gasteiger partial charge in [-0.3, -0.25) is 14.5 Å². The van der Waals surface area contributed by atoms with Gasteiger partial charge < -0.3 is 24.3 Å². The Labute approximate surface area is 270 Å². The van der Waals surface area contributed by atoms with Gasteiger partial charge in [0.1, 0.15) is 17.2 Å². The number of nitrogens with one attached hydrogen (secondary N) is 1. The number of ether oxygens (including phenoxy) is 2. The van der Waals surface area contributed by atoms with Crippen LogP contribution in [0.5, 0.6) is 17.4 Å². The molecule has 2 amide bonds. The molecule has 1 N–H and O–H groups in total. The molecule has 2 aromatic heterocycles. The number of piperazine rings is 1. The van der Waals surface area contributed by atoms with Crippen LogP contribution < -0.4 is 14.8 Å². The first-order chi connectivity index (χ1) is 21.8. The summed E-state index contributed by atoms with van der Waals surface area (Å²) in [5.41, 5.74) is 3.61. The molecule has 1 aliphatic rings. The maximum absolute atomic E-state index is 13.5. The Morgan fingerprint density at radius 1 is 0.867 bits per heavy atom. The van der Waals surface area contributed by atoms with E-state index in [9.17, 15) is 9.59 Å². The standard InChI is InChI=1S/C34H31Cl2N5O4/c1-39-30-19-27(45-32-12-7-25(20-37-32)38-33(42)24-6-11-28(35)29(36)17-24)10-5-23(30)18-31(39)34(43)41-15-13-40(14-16-41)21-22-3-8-26(44-2)9-4-22/h3-12,17-20H,13-16,21H2,1-2H3,(H,38,42). The van der Waals surface area contributed by atoms with Crippen molar-refractivity contribution in [2.45, 2.75) is 6.54 Å². The molecule has 0 spiro atoms. The van der Waals surface area contributed by atoms with E-state index in [1.807, 2.05) is 52.9 Å². The quantitative estimate of drug-likeness (QED) is 0.198. The molecule has 11 heteroatoms. The van der Waals surface area contributed by atoms with Gasteiger partial charge >= 0.3 is 0 Å². The van der Waals surface area contributed by atoms with Crippen molar-refractivity contribution in [1.29, 1.82) is 0 Å². The molecule has 1 saturated heterocycles. The smallest absolute Gasteiger partial charge is 0.270 e. The average Bonchev–Trinajstić information content (AvgIpc) is 3.39. The average molecular weight is 645 g/mol. The highest BCUT2D eigenvalue weighted by atomic mass is 35.5. The number of hydrogen-bond donors (Lipinski definition) is 1. The predicted molar refractivity (Wildman–Crippen MR) is 176 cm³/mol. The summed E-state index contributed by atoms with van der Waals surface area (Å²) in [5, 5.41) is 4.41. The molecule has 6 rings (SSSR count). The molecule has 0 bridgehead atoms. The maximum atomic E-state index is 13.5. The molecule has 0 unspecified atom stereocenters. The number of aromatic nitrogens is 2. The van der Waals surface area contributed by atoms with E-state index in [4.69, 9.17) is 32.7 Å².